The Morgan fingerprint density at radius 3 is 2.45 bits per heavy atom. The van der Waals surface area contributed by atoms with Gasteiger partial charge in [0.2, 0.25) is 15.9 Å². The Labute approximate surface area is 183 Å². The molecule has 1 atom stereocenters. The minimum absolute atomic E-state index is 0.00910. The highest BCUT2D eigenvalue weighted by atomic mass is 32.2. The number of fused-ring (bicyclic) bond motifs is 2. The van der Waals surface area contributed by atoms with Crippen molar-refractivity contribution in [1.29, 1.82) is 0 Å². The fraction of sp³-hybridized carbons (Fsp3) is 0.292. The molecule has 0 bridgehead atoms. The van der Waals surface area contributed by atoms with Gasteiger partial charge in [-0.3, -0.25) is 4.79 Å². The summed E-state index contributed by atoms with van der Waals surface area (Å²) in [6.45, 7) is 2.46. The second-order valence-corrected chi connectivity index (χ2v) is 10.2. The van der Waals surface area contributed by atoms with Gasteiger partial charge in [-0.1, -0.05) is 24.3 Å². The van der Waals surface area contributed by atoms with Gasteiger partial charge in [-0.15, -0.1) is 0 Å². The van der Waals surface area contributed by atoms with Crippen molar-refractivity contribution >= 4 is 32.4 Å². The van der Waals surface area contributed by atoms with Gasteiger partial charge in [0.1, 0.15) is 5.75 Å². The van der Waals surface area contributed by atoms with E-state index in [1.807, 2.05) is 43.3 Å². The first-order chi connectivity index (χ1) is 14.7. The number of anilines is 1. The summed E-state index contributed by atoms with van der Waals surface area (Å²) in [5.41, 5.74) is 2.62. The van der Waals surface area contributed by atoms with E-state index < -0.39 is 10.0 Å². The fourth-order valence-corrected chi connectivity index (χ4v) is 4.95. The molecule has 3 aromatic carbocycles. The van der Waals surface area contributed by atoms with E-state index in [1.54, 1.807) is 30.2 Å². The maximum Gasteiger partial charge on any atom is 0.242 e. The Kier molecular flexibility index (Phi) is 5.49. The second-order valence-electron chi connectivity index (χ2n) is 8.01. The van der Waals surface area contributed by atoms with Gasteiger partial charge >= 0.3 is 0 Å². The Balaban J connectivity index is 1.60. The van der Waals surface area contributed by atoms with Gasteiger partial charge in [-0.05, 0) is 65.6 Å². The average Bonchev–Trinajstić information content (AvgIpc) is 3.20. The highest BCUT2D eigenvalue weighted by molar-refractivity contribution is 7.89. The molecule has 0 aliphatic carbocycles. The van der Waals surface area contributed by atoms with Crippen LogP contribution in [0.15, 0.2) is 59.5 Å². The first-order valence-corrected chi connectivity index (χ1v) is 11.6. The molecule has 6 nitrogen and oxygen atoms in total. The molecule has 0 N–H and O–H groups in total. The summed E-state index contributed by atoms with van der Waals surface area (Å²) in [4.78, 5) is 15.3. The normalized spacial score (nSPS) is 14.7. The number of hydrogen-bond donors (Lipinski definition) is 0. The number of nitrogens with zero attached hydrogens (tertiary/aromatic N) is 2. The van der Waals surface area contributed by atoms with Crippen molar-refractivity contribution in [2.24, 2.45) is 0 Å². The van der Waals surface area contributed by atoms with E-state index >= 15 is 0 Å². The Hall–Kier alpha value is -2.90. The Bertz CT molecular complexity index is 1270. The molecule has 4 rings (SSSR count). The molecule has 0 aromatic heterocycles. The summed E-state index contributed by atoms with van der Waals surface area (Å²) in [6.07, 6.45) is 0.641. The number of ether oxygens (including phenoxy) is 1. The zero-order chi connectivity index (χ0) is 22.3. The van der Waals surface area contributed by atoms with Gasteiger partial charge < -0.3 is 9.64 Å². The van der Waals surface area contributed by atoms with Gasteiger partial charge in [0.05, 0.1) is 17.9 Å². The number of benzene rings is 3. The lowest BCUT2D eigenvalue weighted by Gasteiger charge is -2.22. The van der Waals surface area contributed by atoms with Crippen LogP contribution in [-0.4, -0.2) is 46.4 Å². The van der Waals surface area contributed by atoms with Crippen molar-refractivity contribution in [3.8, 4) is 5.75 Å². The molecule has 0 fully saturated rings. The number of rotatable bonds is 5. The highest BCUT2D eigenvalue weighted by Crippen LogP contribution is 2.34. The predicted octanol–water partition coefficient (Wildman–Crippen LogP) is 3.79. The highest BCUT2D eigenvalue weighted by Gasteiger charge is 2.30. The van der Waals surface area contributed by atoms with Crippen molar-refractivity contribution in [1.82, 2.24) is 4.31 Å². The van der Waals surface area contributed by atoms with Crippen molar-refractivity contribution in [2.45, 2.75) is 24.2 Å². The van der Waals surface area contributed by atoms with Crippen LogP contribution >= 0.6 is 0 Å². The number of carbonyl (C=O) groups excluding carboxylic acids is 1. The van der Waals surface area contributed by atoms with Crippen LogP contribution in [0.25, 0.3) is 10.8 Å². The first kappa shape index (κ1) is 21.3. The summed E-state index contributed by atoms with van der Waals surface area (Å²) in [5, 5.41) is 2.11. The summed E-state index contributed by atoms with van der Waals surface area (Å²) in [7, 11) is 1.17. The van der Waals surface area contributed by atoms with Crippen molar-refractivity contribution < 1.29 is 17.9 Å². The van der Waals surface area contributed by atoms with Crippen LogP contribution in [-0.2, 0) is 21.2 Å². The van der Waals surface area contributed by atoms with Gasteiger partial charge in [0, 0.05) is 26.3 Å². The minimum atomic E-state index is -3.50. The molecule has 7 heteroatoms. The largest absolute Gasteiger partial charge is 0.497 e. The fourth-order valence-electron chi connectivity index (χ4n) is 3.99. The van der Waals surface area contributed by atoms with Gasteiger partial charge in [0.15, 0.2) is 0 Å². The Morgan fingerprint density at radius 1 is 1.03 bits per heavy atom. The number of hydrogen-bond acceptors (Lipinski definition) is 4. The van der Waals surface area contributed by atoms with Crippen LogP contribution in [0.4, 0.5) is 5.69 Å². The Morgan fingerprint density at radius 2 is 1.74 bits per heavy atom. The van der Waals surface area contributed by atoms with Gasteiger partial charge in [0.25, 0.3) is 0 Å². The molecule has 0 radical (unpaired) electrons. The second kappa shape index (κ2) is 7.98. The lowest BCUT2D eigenvalue weighted by Crippen LogP contribution is -2.32. The summed E-state index contributed by atoms with van der Waals surface area (Å²) < 4.78 is 31.3. The van der Waals surface area contributed by atoms with Crippen molar-refractivity contribution in [3.05, 3.63) is 65.7 Å². The van der Waals surface area contributed by atoms with E-state index in [0.29, 0.717) is 13.0 Å². The standard InChI is InChI=1S/C24H26N2O4S/c1-16(17-5-6-19-14-21(30-4)8-7-18(19)13-17)24(27)26-12-11-20-15-22(9-10-23(20)26)31(28,29)25(2)3/h5-10,13-16H,11-12H2,1-4H3/t16-/m1/s1. The molecule has 0 spiro atoms. The zero-order valence-corrected chi connectivity index (χ0v) is 18.9. The van der Waals surface area contributed by atoms with Crippen LogP contribution in [0.5, 0.6) is 5.75 Å². The van der Waals surface area contributed by atoms with E-state index in [9.17, 15) is 13.2 Å². The smallest absolute Gasteiger partial charge is 0.242 e. The quantitative estimate of drug-likeness (QED) is 0.608. The van der Waals surface area contributed by atoms with Crippen LogP contribution in [0.3, 0.4) is 0 Å². The molecular formula is C24H26N2O4S. The zero-order valence-electron chi connectivity index (χ0n) is 18.1. The molecule has 1 aliphatic rings. The van der Waals surface area contributed by atoms with E-state index in [-0.39, 0.29) is 16.7 Å². The lowest BCUT2D eigenvalue weighted by molar-refractivity contribution is -0.119. The SMILES string of the molecule is COc1ccc2cc([C@@H](C)C(=O)N3CCc4cc(S(=O)(=O)N(C)C)ccc43)ccc2c1. The molecule has 162 valence electrons. The lowest BCUT2D eigenvalue weighted by atomic mass is 9.96. The maximum atomic E-state index is 13.3. The van der Waals surface area contributed by atoms with Crippen molar-refractivity contribution in [3.63, 3.8) is 0 Å². The molecule has 1 aliphatic heterocycles. The number of carbonyl (C=O) groups is 1. The summed E-state index contributed by atoms with van der Waals surface area (Å²) in [6, 6.07) is 16.9. The number of methoxy groups -OCH3 is 1. The van der Waals surface area contributed by atoms with Gasteiger partial charge in [-0.25, -0.2) is 12.7 Å². The molecular weight excluding hydrogens is 412 g/mol. The summed E-state index contributed by atoms with van der Waals surface area (Å²) >= 11 is 0. The van der Waals surface area contributed by atoms with Gasteiger partial charge in [-0.2, -0.15) is 0 Å². The van der Waals surface area contributed by atoms with Crippen molar-refractivity contribution in [2.75, 3.05) is 32.6 Å². The molecule has 0 saturated carbocycles. The monoisotopic (exact) mass is 438 g/mol. The molecule has 3 aromatic rings. The first-order valence-electron chi connectivity index (χ1n) is 10.2. The van der Waals surface area contributed by atoms with Crippen LogP contribution < -0.4 is 9.64 Å². The average molecular weight is 439 g/mol. The third kappa shape index (κ3) is 3.79. The molecule has 31 heavy (non-hydrogen) atoms. The predicted molar refractivity (Wildman–Crippen MR) is 122 cm³/mol. The molecule has 1 amide bonds. The third-order valence-electron chi connectivity index (χ3n) is 5.93. The number of sulfonamides is 1. The van der Waals surface area contributed by atoms with Crippen LogP contribution in [0, 0.1) is 0 Å². The molecule has 0 saturated heterocycles. The maximum absolute atomic E-state index is 13.3. The van der Waals surface area contributed by atoms with E-state index in [2.05, 4.69) is 0 Å². The third-order valence-corrected chi connectivity index (χ3v) is 7.74. The van der Waals surface area contributed by atoms with E-state index in [0.717, 1.165) is 33.3 Å². The summed E-state index contributed by atoms with van der Waals surface area (Å²) in [5.74, 6) is 0.492. The van der Waals surface area contributed by atoms with Crippen LogP contribution in [0.1, 0.15) is 24.0 Å². The molecule has 0 unspecified atom stereocenters. The number of amides is 1. The van der Waals surface area contributed by atoms with Crippen LogP contribution in [0.2, 0.25) is 0 Å². The van der Waals surface area contributed by atoms with E-state index in [4.69, 9.17) is 4.74 Å². The topological polar surface area (TPSA) is 66.9 Å². The molecule has 1 heterocycles. The van der Waals surface area contributed by atoms with E-state index in [1.165, 1.54) is 18.4 Å². The minimum Gasteiger partial charge on any atom is -0.497 e.